The number of nitrogens with zero attached hydrogens (tertiary/aromatic N) is 2. The van der Waals surface area contributed by atoms with Crippen molar-refractivity contribution in [3.63, 3.8) is 0 Å². The molecule has 150 valence electrons. The summed E-state index contributed by atoms with van der Waals surface area (Å²) in [4.78, 5) is 5.24. The van der Waals surface area contributed by atoms with Gasteiger partial charge in [0.15, 0.2) is 11.5 Å². The molecule has 5 nitrogen and oxygen atoms in total. The minimum absolute atomic E-state index is 0.683. The highest BCUT2D eigenvalue weighted by Crippen LogP contribution is 2.36. The molecular weight excluding hydrogens is 350 g/mol. The first-order valence-corrected chi connectivity index (χ1v) is 10.3. The molecule has 28 heavy (non-hydrogen) atoms. The molecule has 2 aliphatic heterocycles. The smallest absolute Gasteiger partial charge is 0.161 e. The second-order valence-corrected chi connectivity index (χ2v) is 7.69. The number of nitrogens with one attached hydrogen (secondary N) is 1. The Bertz CT molecular complexity index is 775. The fraction of sp³-hybridized carbons (Fsp3) is 0.478. The minimum Gasteiger partial charge on any atom is -0.493 e. The van der Waals surface area contributed by atoms with E-state index in [9.17, 15) is 0 Å². The molecule has 1 atom stereocenters. The highest BCUT2D eigenvalue weighted by Gasteiger charge is 2.29. The third-order valence-corrected chi connectivity index (χ3v) is 6.00. The Kier molecular flexibility index (Phi) is 6.15. The number of hydrogen-bond acceptors (Lipinski definition) is 5. The van der Waals surface area contributed by atoms with Gasteiger partial charge in [-0.25, -0.2) is 0 Å². The Labute approximate surface area is 168 Å². The summed E-state index contributed by atoms with van der Waals surface area (Å²) in [7, 11) is 3.41. The zero-order chi connectivity index (χ0) is 19.3. The molecule has 1 unspecified atom stereocenters. The second kappa shape index (κ2) is 8.95. The molecule has 0 radical (unpaired) electrons. The lowest BCUT2D eigenvalue weighted by Gasteiger charge is -2.32. The lowest BCUT2D eigenvalue weighted by Crippen LogP contribution is -2.49. The summed E-state index contributed by atoms with van der Waals surface area (Å²) in [5, 5.41) is 3.46. The van der Waals surface area contributed by atoms with Crippen LogP contribution in [-0.2, 0) is 6.54 Å². The van der Waals surface area contributed by atoms with Gasteiger partial charge in [0.2, 0.25) is 0 Å². The Morgan fingerprint density at radius 2 is 1.68 bits per heavy atom. The minimum atomic E-state index is 0.683. The van der Waals surface area contributed by atoms with E-state index < -0.39 is 0 Å². The maximum Gasteiger partial charge on any atom is 0.161 e. The van der Waals surface area contributed by atoms with Crippen molar-refractivity contribution >= 4 is 0 Å². The van der Waals surface area contributed by atoms with E-state index in [1.165, 1.54) is 36.2 Å². The number of benzene rings is 2. The summed E-state index contributed by atoms with van der Waals surface area (Å²) in [6.07, 6.45) is 1.26. The van der Waals surface area contributed by atoms with E-state index in [4.69, 9.17) is 9.47 Å². The van der Waals surface area contributed by atoms with E-state index in [1.54, 1.807) is 14.2 Å². The van der Waals surface area contributed by atoms with Crippen LogP contribution in [0.5, 0.6) is 11.5 Å². The molecule has 2 aromatic carbocycles. The monoisotopic (exact) mass is 381 g/mol. The molecule has 0 aliphatic carbocycles. The second-order valence-electron chi connectivity index (χ2n) is 7.69. The van der Waals surface area contributed by atoms with E-state index in [2.05, 4.69) is 57.6 Å². The summed E-state index contributed by atoms with van der Waals surface area (Å²) in [5.41, 5.74) is 3.74. The molecule has 2 aliphatic rings. The number of ether oxygens (including phenoxy) is 2. The molecule has 1 N–H and O–H groups in total. The van der Waals surface area contributed by atoms with Gasteiger partial charge >= 0.3 is 0 Å². The SMILES string of the molecule is COc1cc(CN2CCC(N3CCNCC3)C2)c(-c2ccccc2)cc1OC. The van der Waals surface area contributed by atoms with Crippen LogP contribution < -0.4 is 14.8 Å². The van der Waals surface area contributed by atoms with Crippen molar-refractivity contribution in [3.8, 4) is 22.6 Å². The molecule has 0 aromatic heterocycles. The summed E-state index contributed by atoms with van der Waals surface area (Å²) < 4.78 is 11.2. The summed E-state index contributed by atoms with van der Waals surface area (Å²) in [6, 6.07) is 15.5. The zero-order valence-electron chi connectivity index (χ0n) is 17.0. The van der Waals surface area contributed by atoms with Gasteiger partial charge < -0.3 is 14.8 Å². The number of methoxy groups -OCH3 is 2. The number of piperazine rings is 1. The van der Waals surface area contributed by atoms with Crippen LogP contribution >= 0.6 is 0 Å². The molecular formula is C23H31N3O2. The van der Waals surface area contributed by atoms with Crippen molar-refractivity contribution in [1.29, 1.82) is 0 Å². The van der Waals surface area contributed by atoms with Crippen molar-refractivity contribution in [2.45, 2.75) is 19.0 Å². The molecule has 2 saturated heterocycles. The predicted molar refractivity (Wildman–Crippen MR) is 113 cm³/mol. The highest BCUT2D eigenvalue weighted by atomic mass is 16.5. The van der Waals surface area contributed by atoms with Gasteiger partial charge in [0.05, 0.1) is 14.2 Å². The number of likely N-dealkylation sites (tertiary alicyclic amines) is 1. The summed E-state index contributed by atoms with van der Waals surface area (Å²) >= 11 is 0. The van der Waals surface area contributed by atoms with Crippen LogP contribution in [0, 0.1) is 0 Å². The topological polar surface area (TPSA) is 37.0 Å². The molecule has 0 spiro atoms. The Morgan fingerprint density at radius 3 is 2.39 bits per heavy atom. The summed E-state index contributed by atoms with van der Waals surface area (Å²) in [5.74, 6) is 1.58. The van der Waals surface area contributed by atoms with Crippen LogP contribution in [0.15, 0.2) is 42.5 Å². The lowest BCUT2D eigenvalue weighted by molar-refractivity contribution is 0.170. The van der Waals surface area contributed by atoms with Gasteiger partial charge in [-0.2, -0.15) is 0 Å². The van der Waals surface area contributed by atoms with E-state index in [1.807, 2.05) is 0 Å². The largest absolute Gasteiger partial charge is 0.493 e. The van der Waals surface area contributed by atoms with Gasteiger partial charge in [0.25, 0.3) is 0 Å². The molecule has 4 rings (SSSR count). The first-order valence-electron chi connectivity index (χ1n) is 10.3. The van der Waals surface area contributed by atoms with Crippen LogP contribution in [-0.4, -0.2) is 69.3 Å². The Balaban J connectivity index is 1.56. The van der Waals surface area contributed by atoms with Gasteiger partial charge in [-0.05, 0) is 35.2 Å². The van der Waals surface area contributed by atoms with E-state index in [0.717, 1.165) is 44.2 Å². The third kappa shape index (κ3) is 4.17. The Hall–Kier alpha value is -2.08. The van der Waals surface area contributed by atoms with Gasteiger partial charge in [-0.3, -0.25) is 9.80 Å². The molecule has 5 heteroatoms. The zero-order valence-corrected chi connectivity index (χ0v) is 17.0. The van der Waals surface area contributed by atoms with Gasteiger partial charge in [-0.15, -0.1) is 0 Å². The van der Waals surface area contributed by atoms with Crippen molar-refractivity contribution in [3.05, 3.63) is 48.0 Å². The average Bonchev–Trinajstić information content (AvgIpc) is 3.23. The molecule has 0 saturated carbocycles. The first kappa shape index (κ1) is 19.2. The van der Waals surface area contributed by atoms with Crippen LogP contribution in [0.3, 0.4) is 0 Å². The predicted octanol–water partition coefficient (Wildman–Crippen LogP) is 2.85. The quantitative estimate of drug-likeness (QED) is 0.833. The molecule has 2 fully saturated rings. The Morgan fingerprint density at radius 1 is 0.964 bits per heavy atom. The van der Waals surface area contributed by atoms with E-state index in [0.29, 0.717) is 6.04 Å². The molecule has 0 amide bonds. The van der Waals surface area contributed by atoms with Crippen molar-refractivity contribution in [2.24, 2.45) is 0 Å². The van der Waals surface area contributed by atoms with Crippen LogP contribution in [0.1, 0.15) is 12.0 Å². The highest BCUT2D eigenvalue weighted by molar-refractivity contribution is 5.71. The van der Waals surface area contributed by atoms with Crippen LogP contribution in [0.4, 0.5) is 0 Å². The van der Waals surface area contributed by atoms with Crippen LogP contribution in [0.25, 0.3) is 11.1 Å². The molecule has 2 heterocycles. The van der Waals surface area contributed by atoms with Gasteiger partial charge in [0.1, 0.15) is 0 Å². The maximum atomic E-state index is 5.59. The van der Waals surface area contributed by atoms with Gasteiger partial charge in [0, 0.05) is 51.9 Å². The normalized spacial score (nSPS) is 21.0. The standard InChI is InChI=1S/C23H31N3O2/c1-27-22-14-19(21(15-23(22)28-2)18-6-4-3-5-7-18)16-25-11-8-20(17-25)26-12-9-24-10-13-26/h3-7,14-15,20,24H,8-13,16-17H2,1-2H3. The fourth-order valence-electron chi connectivity index (χ4n) is 4.48. The molecule has 0 bridgehead atoms. The maximum absolute atomic E-state index is 5.59. The summed E-state index contributed by atoms with van der Waals surface area (Å²) in [6.45, 7) is 7.80. The van der Waals surface area contributed by atoms with Crippen molar-refractivity contribution in [1.82, 2.24) is 15.1 Å². The van der Waals surface area contributed by atoms with Gasteiger partial charge in [-0.1, -0.05) is 30.3 Å². The first-order chi connectivity index (χ1) is 13.8. The van der Waals surface area contributed by atoms with E-state index in [-0.39, 0.29) is 0 Å². The fourth-order valence-corrected chi connectivity index (χ4v) is 4.48. The molecule has 2 aromatic rings. The van der Waals surface area contributed by atoms with E-state index >= 15 is 0 Å². The number of hydrogen-bond donors (Lipinski definition) is 1. The average molecular weight is 382 g/mol. The number of rotatable bonds is 6. The van der Waals surface area contributed by atoms with Crippen molar-refractivity contribution < 1.29 is 9.47 Å². The lowest BCUT2D eigenvalue weighted by atomic mass is 9.98. The van der Waals surface area contributed by atoms with Crippen molar-refractivity contribution in [2.75, 3.05) is 53.5 Å². The van der Waals surface area contributed by atoms with Crippen LogP contribution in [0.2, 0.25) is 0 Å². The third-order valence-electron chi connectivity index (χ3n) is 6.00.